The smallest absolute Gasteiger partial charge is 0.415 e. The van der Waals surface area contributed by atoms with Gasteiger partial charge in [-0.1, -0.05) is 0 Å². The number of nitrogens with two attached hydrogens (primary N) is 1. The summed E-state index contributed by atoms with van der Waals surface area (Å²) in [6, 6.07) is 9.72. The molecule has 1 aliphatic rings. The molecule has 0 bridgehead atoms. The Kier molecular flexibility index (Phi) is 4.97. The highest BCUT2D eigenvalue weighted by Gasteiger charge is 2.39. The minimum absolute atomic E-state index is 0.127. The van der Waals surface area contributed by atoms with E-state index >= 15 is 0 Å². The van der Waals surface area contributed by atoms with Crippen LogP contribution >= 0.6 is 0 Å². The normalized spacial score (nSPS) is 15.7. The molecule has 1 aliphatic heterocycles. The summed E-state index contributed by atoms with van der Waals surface area (Å²) in [5.41, 5.74) is 7.15. The molecule has 154 valence electrons. The molecule has 10 nitrogen and oxygen atoms in total. The quantitative estimate of drug-likeness (QED) is 0.634. The molecule has 0 aliphatic carbocycles. The number of ether oxygens (including phenoxy) is 3. The van der Waals surface area contributed by atoms with Crippen molar-refractivity contribution in [2.24, 2.45) is 5.73 Å². The van der Waals surface area contributed by atoms with Gasteiger partial charge < -0.3 is 25.3 Å². The van der Waals surface area contributed by atoms with Crippen LogP contribution in [0, 0.1) is 0 Å². The van der Waals surface area contributed by atoms with Crippen molar-refractivity contribution in [3.63, 3.8) is 0 Å². The fourth-order valence-electron chi connectivity index (χ4n) is 3.23. The summed E-state index contributed by atoms with van der Waals surface area (Å²) in [6.07, 6.45) is 0.738. The van der Waals surface area contributed by atoms with Gasteiger partial charge in [0.25, 0.3) is 0 Å². The fourth-order valence-corrected chi connectivity index (χ4v) is 3.23. The lowest BCUT2D eigenvalue weighted by atomic mass is 10.1. The molecule has 30 heavy (non-hydrogen) atoms. The number of hydrogen-bond donors (Lipinski definition) is 2. The third-order valence-corrected chi connectivity index (χ3v) is 4.75. The van der Waals surface area contributed by atoms with Crippen molar-refractivity contribution in [1.82, 2.24) is 9.97 Å². The van der Waals surface area contributed by atoms with Crippen LogP contribution in [0.15, 0.2) is 42.7 Å². The SMILES string of the molecule is COc1ccc(Nc2ncnc3cc(OC)c(N4C(=O)OC[C@H]4C(N)=O)cc23)cc1. The highest BCUT2D eigenvalue weighted by Crippen LogP contribution is 2.38. The van der Waals surface area contributed by atoms with E-state index < -0.39 is 18.0 Å². The molecular formula is C20H19N5O5. The van der Waals surface area contributed by atoms with Gasteiger partial charge in [-0.2, -0.15) is 0 Å². The largest absolute Gasteiger partial charge is 0.497 e. The van der Waals surface area contributed by atoms with E-state index in [4.69, 9.17) is 19.9 Å². The fraction of sp³-hybridized carbons (Fsp3) is 0.200. The zero-order valence-electron chi connectivity index (χ0n) is 16.3. The molecule has 0 unspecified atom stereocenters. The van der Waals surface area contributed by atoms with Crippen molar-refractivity contribution in [1.29, 1.82) is 0 Å². The second-order valence-corrected chi connectivity index (χ2v) is 6.48. The molecule has 0 saturated carbocycles. The van der Waals surface area contributed by atoms with Crippen LogP contribution in [0.1, 0.15) is 0 Å². The number of anilines is 3. The van der Waals surface area contributed by atoms with Gasteiger partial charge in [0.2, 0.25) is 5.91 Å². The minimum Gasteiger partial charge on any atom is -0.497 e. The second-order valence-electron chi connectivity index (χ2n) is 6.48. The Hall–Kier alpha value is -4.08. The molecule has 10 heteroatoms. The van der Waals surface area contributed by atoms with E-state index in [0.717, 1.165) is 11.4 Å². The Morgan fingerprint density at radius 3 is 2.63 bits per heavy atom. The molecule has 1 fully saturated rings. The van der Waals surface area contributed by atoms with Crippen molar-refractivity contribution in [2.45, 2.75) is 6.04 Å². The number of aromatic nitrogens is 2. The predicted molar refractivity (Wildman–Crippen MR) is 109 cm³/mol. The average Bonchev–Trinajstić information content (AvgIpc) is 3.15. The summed E-state index contributed by atoms with van der Waals surface area (Å²) in [6.45, 7) is -0.127. The van der Waals surface area contributed by atoms with Crippen molar-refractivity contribution in [2.75, 3.05) is 31.0 Å². The van der Waals surface area contributed by atoms with Gasteiger partial charge in [-0.3, -0.25) is 9.69 Å². The molecule has 1 saturated heterocycles. The van der Waals surface area contributed by atoms with Gasteiger partial charge in [0, 0.05) is 17.1 Å². The van der Waals surface area contributed by atoms with Crippen LogP contribution in [0.2, 0.25) is 0 Å². The number of carbonyl (C=O) groups is 2. The lowest BCUT2D eigenvalue weighted by Gasteiger charge is -2.22. The van der Waals surface area contributed by atoms with Crippen LogP contribution in [-0.4, -0.2) is 48.8 Å². The van der Waals surface area contributed by atoms with E-state index in [-0.39, 0.29) is 6.61 Å². The maximum Gasteiger partial charge on any atom is 0.415 e. The maximum atomic E-state index is 12.3. The van der Waals surface area contributed by atoms with Gasteiger partial charge in [-0.15, -0.1) is 0 Å². The Balaban J connectivity index is 1.80. The lowest BCUT2D eigenvalue weighted by molar-refractivity contribution is -0.119. The molecule has 1 atom stereocenters. The van der Waals surface area contributed by atoms with E-state index in [9.17, 15) is 9.59 Å². The molecule has 4 rings (SSSR count). The Labute approximate surface area is 171 Å². The first kappa shape index (κ1) is 19.2. The molecule has 2 amide bonds. The number of cyclic esters (lactones) is 1. The zero-order chi connectivity index (χ0) is 21.3. The van der Waals surface area contributed by atoms with Crippen LogP contribution in [-0.2, 0) is 9.53 Å². The first-order chi connectivity index (χ1) is 14.5. The Morgan fingerprint density at radius 2 is 1.97 bits per heavy atom. The van der Waals surface area contributed by atoms with Crippen LogP contribution in [0.25, 0.3) is 10.9 Å². The minimum atomic E-state index is -0.938. The Bertz CT molecular complexity index is 1120. The van der Waals surface area contributed by atoms with Crippen molar-refractivity contribution in [3.8, 4) is 11.5 Å². The number of nitrogens with one attached hydrogen (secondary N) is 1. The first-order valence-electron chi connectivity index (χ1n) is 9.01. The number of amides is 2. The van der Waals surface area contributed by atoms with E-state index in [2.05, 4.69) is 15.3 Å². The molecule has 0 radical (unpaired) electrons. The number of hydrogen-bond acceptors (Lipinski definition) is 8. The van der Waals surface area contributed by atoms with Crippen molar-refractivity contribution in [3.05, 3.63) is 42.7 Å². The summed E-state index contributed by atoms with van der Waals surface area (Å²) < 4.78 is 15.6. The number of carbonyl (C=O) groups excluding carboxylic acids is 2. The third kappa shape index (κ3) is 3.39. The topological polar surface area (TPSA) is 129 Å². The van der Waals surface area contributed by atoms with Crippen LogP contribution < -0.4 is 25.4 Å². The van der Waals surface area contributed by atoms with Gasteiger partial charge in [-0.25, -0.2) is 14.8 Å². The number of methoxy groups -OCH3 is 2. The van der Waals surface area contributed by atoms with Gasteiger partial charge in [0.1, 0.15) is 30.3 Å². The van der Waals surface area contributed by atoms with Gasteiger partial charge in [0.15, 0.2) is 6.04 Å². The number of rotatable bonds is 6. The van der Waals surface area contributed by atoms with Crippen molar-refractivity contribution >= 4 is 40.1 Å². The van der Waals surface area contributed by atoms with Crippen molar-refractivity contribution < 1.29 is 23.8 Å². The van der Waals surface area contributed by atoms with E-state index in [1.54, 1.807) is 19.2 Å². The van der Waals surface area contributed by atoms with Gasteiger partial charge in [0.05, 0.1) is 25.4 Å². The molecule has 2 heterocycles. The predicted octanol–water partition coefficient (Wildman–Crippen LogP) is 2.20. The monoisotopic (exact) mass is 409 g/mol. The summed E-state index contributed by atoms with van der Waals surface area (Å²) in [5, 5.41) is 3.84. The molecular weight excluding hydrogens is 390 g/mol. The number of nitrogens with zero attached hydrogens (tertiary/aromatic N) is 3. The Morgan fingerprint density at radius 1 is 1.20 bits per heavy atom. The number of benzene rings is 2. The highest BCUT2D eigenvalue weighted by atomic mass is 16.6. The summed E-state index contributed by atoms with van der Waals surface area (Å²) >= 11 is 0. The third-order valence-electron chi connectivity index (χ3n) is 4.75. The average molecular weight is 409 g/mol. The number of fused-ring (bicyclic) bond motifs is 1. The number of primary amides is 1. The molecule has 2 aromatic carbocycles. The van der Waals surface area contributed by atoms with E-state index in [1.807, 2.05) is 24.3 Å². The van der Waals surface area contributed by atoms with Gasteiger partial charge >= 0.3 is 6.09 Å². The lowest BCUT2D eigenvalue weighted by Crippen LogP contribution is -2.43. The second kappa shape index (κ2) is 7.74. The molecule has 3 N–H and O–H groups in total. The highest BCUT2D eigenvalue weighted by molar-refractivity contribution is 6.04. The zero-order valence-corrected chi connectivity index (χ0v) is 16.3. The summed E-state index contributed by atoms with van der Waals surface area (Å²) in [4.78, 5) is 33.9. The van der Waals surface area contributed by atoms with E-state index in [0.29, 0.717) is 28.2 Å². The maximum absolute atomic E-state index is 12.3. The first-order valence-corrected chi connectivity index (χ1v) is 9.01. The van der Waals surface area contributed by atoms with Crippen LogP contribution in [0.4, 0.5) is 22.0 Å². The summed E-state index contributed by atoms with van der Waals surface area (Å²) in [5.74, 6) is 0.910. The molecule has 1 aromatic heterocycles. The van der Waals surface area contributed by atoms with E-state index in [1.165, 1.54) is 18.3 Å². The molecule has 0 spiro atoms. The molecule has 3 aromatic rings. The van der Waals surface area contributed by atoms with Crippen LogP contribution in [0.3, 0.4) is 0 Å². The van der Waals surface area contributed by atoms with Gasteiger partial charge in [-0.05, 0) is 30.3 Å². The van der Waals surface area contributed by atoms with Crippen LogP contribution in [0.5, 0.6) is 11.5 Å². The summed E-state index contributed by atoms with van der Waals surface area (Å²) in [7, 11) is 3.06. The standard InChI is InChI=1S/C20H19N5O5/c1-28-12-5-3-11(4-6-12)24-19-13-7-15(17(29-2)8-14(13)22-10-23-19)25-16(18(21)26)9-30-20(25)27/h3-8,10,16H,9H2,1-2H3,(H2,21,26)(H,22,23,24)/t16-/m0/s1.